The first-order chi connectivity index (χ1) is 13.6. The number of rotatable bonds is 6. The van der Waals surface area contributed by atoms with E-state index < -0.39 is 0 Å². The second-order valence-electron chi connectivity index (χ2n) is 7.35. The van der Waals surface area contributed by atoms with Crippen LogP contribution >= 0.6 is 0 Å². The van der Waals surface area contributed by atoms with Gasteiger partial charge in [0.1, 0.15) is 5.82 Å². The number of benzene rings is 2. The van der Waals surface area contributed by atoms with E-state index in [0.29, 0.717) is 0 Å². The molecule has 0 saturated heterocycles. The highest BCUT2D eigenvalue weighted by Gasteiger charge is 2.09. The van der Waals surface area contributed by atoms with Gasteiger partial charge < -0.3 is 15.2 Å². The minimum absolute atomic E-state index is 0.799. The van der Waals surface area contributed by atoms with Crippen LogP contribution in [0.15, 0.2) is 61.1 Å². The van der Waals surface area contributed by atoms with E-state index in [-0.39, 0.29) is 0 Å². The van der Waals surface area contributed by atoms with E-state index in [1.165, 1.54) is 22.1 Å². The number of hydrogen-bond donors (Lipinski definition) is 2. The molecule has 0 aliphatic carbocycles. The number of H-pyrrole nitrogens is 1. The maximum absolute atomic E-state index is 4.75. The van der Waals surface area contributed by atoms with Crippen LogP contribution < -0.4 is 5.32 Å². The molecule has 0 saturated carbocycles. The average Bonchev–Trinajstić information content (AvgIpc) is 3.11. The first-order valence-corrected chi connectivity index (χ1v) is 9.49. The molecule has 0 bridgehead atoms. The van der Waals surface area contributed by atoms with Gasteiger partial charge in [-0.1, -0.05) is 35.9 Å². The third-order valence-electron chi connectivity index (χ3n) is 4.81. The second-order valence-corrected chi connectivity index (χ2v) is 7.35. The lowest BCUT2D eigenvalue weighted by Crippen LogP contribution is -2.21. The molecular formula is C23H25N5. The van der Waals surface area contributed by atoms with Gasteiger partial charge in [0.2, 0.25) is 0 Å². The van der Waals surface area contributed by atoms with Crippen LogP contribution in [-0.2, 0) is 0 Å². The molecule has 0 unspecified atom stereocenters. The van der Waals surface area contributed by atoms with Crippen molar-refractivity contribution >= 4 is 16.7 Å². The van der Waals surface area contributed by atoms with Crippen LogP contribution in [0, 0.1) is 6.92 Å². The molecule has 0 atom stereocenters. The molecule has 2 heterocycles. The molecule has 2 aromatic carbocycles. The number of nitrogens with zero attached hydrogens (tertiary/aromatic N) is 3. The summed E-state index contributed by atoms with van der Waals surface area (Å²) in [4.78, 5) is 14.6. The molecule has 5 heteroatoms. The van der Waals surface area contributed by atoms with Gasteiger partial charge in [-0.25, -0.2) is 4.98 Å². The molecule has 0 fully saturated rings. The summed E-state index contributed by atoms with van der Waals surface area (Å²) in [5, 5.41) is 4.53. The Hall–Kier alpha value is -3.18. The summed E-state index contributed by atoms with van der Waals surface area (Å²) in [6.07, 6.45) is 5.66. The van der Waals surface area contributed by atoms with Gasteiger partial charge in [-0.05, 0) is 38.7 Å². The van der Waals surface area contributed by atoms with Gasteiger partial charge in [-0.3, -0.25) is 4.98 Å². The first kappa shape index (κ1) is 18.2. The number of anilines is 1. The Labute approximate surface area is 165 Å². The standard InChI is InChI=1S/C23H25N5/c1-16-5-4-6-17(11-16)20-13-26-21-8-7-18(12-19(20)21)22-14-24-15-23(27-22)25-9-10-28(2)3/h4-8,11-15,26H,9-10H2,1-3H3,(H,25,27). The number of aromatic amines is 1. The lowest BCUT2D eigenvalue weighted by atomic mass is 10.0. The van der Waals surface area contributed by atoms with Crippen LogP contribution in [0.2, 0.25) is 0 Å². The fraction of sp³-hybridized carbons (Fsp3) is 0.217. The number of aromatic nitrogens is 3. The largest absolute Gasteiger partial charge is 0.367 e. The molecule has 4 aromatic rings. The molecule has 0 aliphatic rings. The lowest BCUT2D eigenvalue weighted by Gasteiger charge is -2.11. The number of aryl methyl sites for hydroxylation is 1. The van der Waals surface area contributed by atoms with Crippen molar-refractivity contribution in [3.05, 3.63) is 66.6 Å². The monoisotopic (exact) mass is 371 g/mol. The van der Waals surface area contributed by atoms with E-state index in [0.717, 1.165) is 35.7 Å². The van der Waals surface area contributed by atoms with Crippen molar-refractivity contribution in [2.24, 2.45) is 0 Å². The summed E-state index contributed by atoms with van der Waals surface area (Å²) in [5.41, 5.74) is 6.72. The molecular weight excluding hydrogens is 346 g/mol. The molecule has 4 rings (SSSR count). The highest BCUT2D eigenvalue weighted by molar-refractivity contribution is 5.97. The Morgan fingerprint density at radius 2 is 1.93 bits per heavy atom. The van der Waals surface area contributed by atoms with E-state index >= 15 is 0 Å². The zero-order chi connectivity index (χ0) is 19.5. The van der Waals surface area contributed by atoms with Crippen molar-refractivity contribution in [1.82, 2.24) is 19.9 Å². The van der Waals surface area contributed by atoms with Crippen molar-refractivity contribution in [2.45, 2.75) is 6.92 Å². The molecule has 0 spiro atoms. The van der Waals surface area contributed by atoms with Crippen LogP contribution in [0.4, 0.5) is 5.82 Å². The summed E-state index contributed by atoms with van der Waals surface area (Å²) in [6, 6.07) is 15.0. The highest BCUT2D eigenvalue weighted by Crippen LogP contribution is 2.32. The Bertz CT molecular complexity index is 1100. The average molecular weight is 371 g/mol. The molecule has 142 valence electrons. The van der Waals surface area contributed by atoms with E-state index in [1.807, 2.05) is 6.20 Å². The molecule has 5 nitrogen and oxygen atoms in total. The topological polar surface area (TPSA) is 56.8 Å². The predicted octanol–water partition coefficient (Wildman–Crippen LogP) is 4.57. The molecule has 2 aromatic heterocycles. The van der Waals surface area contributed by atoms with Gasteiger partial charge in [0.15, 0.2) is 0 Å². The molecule has 0 aliphatic heterocycles. The maximum Gasteiger partial charge on any atom is 0.145 e. The van der Waals surface area contributed by atoms with Crippen LogP contribution in [0.1, 0.15) is 5.56 Å². The zero-order valence-electron chi connectivity index (χ0n) is 16.5. The van der Waals surface area contributed by atoms with Crippen LogP contribution in [0.25, 0.3) is 33.3 Å². The smallest absolute Gasteiger partial charge is 0.145 e. The lowest BCUT2D eigenvalue weighted by molar-refractivity contribution is 0.425. The first-order valence-electron chi connectivity index (χ1n) is 9.49. The van der Waals surface area contributed by atoms with E-state index in [4.69, 9.17) is 4.98 Å². The summed E-state index contributed by atoms with van der Waals surface area (Å²) in [7, 11) is 4.11. The van der Waals surface area contributed by atoms with Gasteiger partial charge in [0.05, 0.1) is 18.1 Å². The number of likely N-dealkylation sites (N-methyl/N-ethyl adjacent to an activating group) is 1. The Morgan fingerprint density at radius 1 is 1.04 bits per heavy atom. The van der Waals surface area contributed by atoms with Crippen LogP contribution in [0.5, 0.6) is 0 Å². The van der Waals surface area contributed by atoms with Gasteiger partial charge in [0.25, 0.3) is 0 Å². The fourth-order valence-electron chi connectivity index (χ4n) is 3.33. The second kappa shape index (κ2) is 7.82. The SMILES string of the molecule is Cc1cccc(-c2c[nH]c3ccc(-c4cncc(NCCN(C)C)n4)cc23)c1. The number of fused-ring (bicyclic) bond motifs is 1. The van der Waals surface area contributed by atoms with Crippen molar-refractivity contribution in [2.75, 3.05) is 32.5 Å². The quantitative estimate of drug-likeness (QED) is 0.521. The van der Waals surface area contributed by atoms with E-state index in [2.05, 4.69) is 89.9 Å². The van der Waals surface area contributed by atoms with E-state index in [1.54, 1.807) is 6.20 Å². The van der Waals surface area contributed by atoms with Crippen molar-refractivity contribution < 1.29 is 0 Å². The zero-order valence-corrected chi connectivity index (χ0v) is 16.5. The third-order valence-corrected chi connectivity index (χ3v) is 4.81. The minimum Gasteiger partial charge on any atom is -0.367 e. The summed E-state index contributed by atoms with van der Waals surface area (Å²) < 4.78 is 0. The van der Waals surface area contributed by atoms with E-state index in [9.17, 15) is 0 Å². The van der Waals surface area contributed by atoms with Crippen LogP contribution in [0.3, 0.4) is 0 Å². The fourth-order valence-corrected chi connectivity index (χ4v) is 3.33. The van der Waals surface area contributed by atoms with Crippen molar-refractivity contribution in [1.29, 1.82) is 0 Å². The van der Waals surface area contributed by atoms with Gasteiger partial charge in [-0.15, -0.1) is 0 Å². The molecule has 2 N–H and O–H groups in total. The van der Waals surface area contributed by atoms with Gasteiger partial charge >= 0.3 is 0 Å². The summed E-state index contributed by atoms with van der Waals surface area (Å²) >= 11 is 0. The normalized spacial score (nSPS) is 11.3. The van der Waals surface area contributed by atoms with Crippen molar-refractivity contribution in [3.8, 4) is 22.4 Å². The Morgan fingerprint density at radius 3 is 2.75 bits per heavy atom. The number of hydrogen-bond acceptors (Lipinski definition) is 4. The van der Waals surface area contributed by atoms with Crippen molar-refractivity contribution in [3.63, 3.8) is 0 Å². The highest BCUT2D eigenvalue weighted by atomic mass is 15.1. The molecule has 0 amide bonds. The summed E-state index contributed by atoms with van der Waals surface area (Å²) in [6.45, 7) is 3.90. The summed E-state index contributed by atoms with van der Waals surface area (Å²) in [5.74, 6) is 0.799. The number of nitrogens with one attached hydrogen (secondary N) is 2. The van der Waals surface area contributed by atoms with Crippen LogP contribution in [-0.4, -0.2) is 47.0 Å². The Balaban J connectivity index is 1.67. The van der Waals surface area contributed by atoms with Gasteiger partial charge in [0, 0.05) is 41.3 Å². The Kier molecular flexibility index (Phi) is 5.08. The maximum atomic E-state index is 4.75. The molecule has 28 heavy (non-hydrogen) atoms. The minimum atomic E-state index is 0.799. The third kappa shape index (κ3) is 3.89. The molecule has 0 radical (unpaired) electrons. The predicted molar refractivity (Wildman–Crippen MR) is 117 cm³/mol. The van der Waals surface area contributed by atoms with Gasteiger partial charge in [-0.2, -0.15) is 0 Å².